The summed E-state index contributed by atoms with van der Waals surface area (Å²) in [6.07, 6.45) is 2.83. The Kier molecular flexibility index (Phi) is 3.82. The zero-order valence-electron chi connectivity index (χ0n) is 10.3. The predicted octanol–water partition coefficient (Wildman–Crippen LogP) is 1.65. The second-order valence-corrected chi connectivity index (χ2v) is 6.05. The van der Waals surface area contributed by atoms with Gasteiger partial charge in [-0.1, -0.05) is 0 Å². The minimum Gasteiger partial charge on any atom is -0.285 e. The molecule has 0 spiro atoms. The Morgan fingerprint density at radius 1 is 1.25 bits per heavy atom. The number of sulfonamides is 1. The van der Waals surface area contributed by atoms with Crippen molar-refractivity contribution < 1.29 is 21.6 Å². The molecule has 1 aromatic heterocycles. The van der Waals surface area contributed by atoms with Crippen molar-refractivity contribution in [1.82, 2.24) is 14.5 Å². The standard InChI is InChI=1S/C11H10F3N3O2S/c1-17(6-7-4-15-16-5-7)20(18,19)11-9(13)2-8(12)3-10(11)14/h2-5H,6H2,1H3,(H,15,16). The molecule has 0 atom stereocenters. The van der Waals surface area contributed by atoms with Gasteiger partial charge in [0.25, 0.3) is 0 Å². The number of aromatic amines is 1. The molecule has 0 saturated heterocycles. The van der Waals surface area contributed by atoms with Gasteiger partial charge in [-0.05, 0) is 0 Å². The number of hydrogen-bond acceptors (Lipinski definition) is 3. The van der Waals surface area contributed by atoms with E-state index in [9.17, 15) is 21.6 Å². The molecule has 9 heteroatoms. The van der Waals surface area contributed by atoms with E-state index in [0.717, 1.165) is 11.4 Å². The highest BCUT2D eigenvalue weighted by atomic mass is 32.2. The van der Waals surface area contributed by atoms with E-state index in [1.54, 1.807) is 0 Å². The molecule has 2 aromatic rings. The summed E-state index contributed by atoms with van der Waals surface area (Å²) in [5, 5.41) is 6.12. The fraction of sp³-hybridized carbons (Fsp3) is 0.182. The van der Waals surface area contributed by atoms with Gasteiger partial charge in [-0.3, -0.25) is 5.10 Å². The van der Waals surface area contributed by atoms with Crippen LogP contribution in [0.2, 0.25) is 0 Å². The number of benzene rings is 1. The molecule has 0 aliphatic carbocycles. The lowest BCUT2D eigenvalue weighted by Gasteiger charge is -2.17. The topological polar surface area (TPSA) is 66.1 Å². The minimum absolute atomic E-state index is 0.130. The van der Waals surface area contributed by atoms with Gasteiger partial charge in [0.2, 0.25) is 10.0 Å². The van der Waals surface area contributed by atoms with E-state index < -0.39 is 32.4 Å². The van der Waals surface area contributed by atoms with Gasteiger partial charge in [-0.15, -0.1) is 0 Å². The van der Waals surface area contributed by atoms with Crippen LogP contribution in [0.5, 0.6) is 0 Å². The molecule has 0 unspecified atom stereocenters. The monoisotopic (exact) mass is 305 g/mol. The lowest BCUT2D eigenvalue weighted by Crippen LogP contribution is -2.28. The fourth-order valence-electron chi connectivity index (χ4n) is 1.64. The number of rotatable bonds is 4. The van der Waals surface area contributed by atoms with Crippen molar-refractivity contribution in [2.75, 3.05) is 7.05 Å². The number of H-pyrrole nitrogens is 1. The Morgan fingerprint density at radius 2 is 1.85 bits per heavy atom. The first-order valence-electron chi connectivity index (χ1n) is 5.41. The van der Waals surface area contributed by atoms with Crippen molar-refractivity contribution in [3.63, 3.8) is 0 Å². The third-order valence-electron chi connectivity index (χ3n) is 2.59. The summed E-state index contributed by atoms with van der Waals surface area (Å²) in [7, 11) is -3.26. The number of halogens is 3. The van der Waals surface area contributed by atoms with Crippen LogP contribution in [0.4, 0.5) is 13.2 Å². The molecule has 0 saturated carbocycles. The van der Waals surface area contributed by atoms with Crippen molar-refractivity contribution in [3.8, 4) is 0 Å². The summed E-state index contributed by atoms with van der Waals surface area (Å²) < 4.78 is 64.8. The third-order valence-corrected chi connectivity index (χ3v) is 4.45. The highest BCUT2D eigenvalue weighted by molar-refractivity contribution is 7.89. The molecular weight excluding hydrogens is 295 g/mol. The molecule has 0 fully saturated rings. The van der Waals surface area contributed by atoms with Gasteiger partial charge in [0, 0.05) is 37.5 Å². The van der Waals surface area contributed by atoms with E-state index >= 15 is 0 Å². The van der Waals surface area contributed by atoms with Crippen LogP contribution in [0.15, 0.2) is 29.4 Å². The van der Waals surface area contributed by atoms with Gasteiger partial charge in [-0.25, -0.2) is 21.6 Å². The first kappa shape index (κ1) is 14.5. The summed E-state index contributed by atoms with van der Waals surface area (Å²) in [5.41, 5.74) is 0.513. The Balaban J connectivity index is 2.40. The highest BCUT2D eigenvalue weighted by Crippen LogP contribution is 2.23. The number of aromatic nitrogens is 2. The van der Waals surface area contributed by atoms with Crippen molar-refractivity contribution in [1.29, 1.82) is 0 Å². The van der Waals surface area contributed by atoms with E-state index in [0.29, 0.717) is 17.7 Å². The molecule has 2 rings (SSSR count). The lowest BCUT2D eigenvalue weighted by atomic mass is 10.3. The van der Waals surface area contributed by atoms with E-state index in [2.05, 4.69) is 10.2 Å². The Morgan fingerprint density at radius 3 is 2.35 bits per heavy atom. The van der Waals surface area contributed by atoms with Crippen LogP contribution >= 0.6 is 0 Å². The van der Waals surface area contributed by atoms with Crippen LogP contribution in [0, 0.1) is 17.5 Å². The SMILES string of the molecule is CN(Cc1cn[nH]c1)S(=O)(=O)c1c(F)cc(F)cc1F. The maximum atomic E-state index is 13.5. The van der Waals surface area contributed by atoms with E-state index in [-0.39, 0.29) is 6.54 Å². The predicted molar refractivity (Wildman–Crippen MR) is 63.6 cm³/mol. The van der Waals surface area contributed by atoms with Crippen LogP contribution in [-0.4, -0.2) is 30.0 Å². The van der Waals surface area contributed by atoms with Gasteiger partial charge < -0.3 is 0 Å². The summed E-state index contributed by atoms with van der Waals surface area (Å²) in [5.74, 6) is -4.13. The summed E-state index contributed by atoms with van der Waals surface area (Å²) in [6.45, 7) is -0.130. The van der Waals surface area contributed by atoms with Crippen LogP contribution in [-0.2, 0) is 16.6 Å². The van der Waals surface area contributed by atoms with Gasteiger partial charge in [0.1, 0.15) is 17.5 Å². The maximum absolute atomic E-state index is 13.5. The van der Waals surface area contributed by atoms with E-state index in [1.165, 1.54) is 12.4 Å². The number of hydrogen-bond donors (Lipinski definition) is 1. The fourth-order valence-corrected chi connectivity index (χ4v) is 2.88. The van der Waals surface area contributed by atoms with Crippen molar-refractivity contribution >= 4 is 10.0 Å². The molecule has 0 radical (unpaired) electrons. The molecule has 0 aliphatic heterocycles. The average Bonchev–Trinajstić information content (AvgIpc) is 2.79. The van der Waals surface area contributed by atoms with Crippen LogP contribution < -0.4 is 0 Å². The Bertz CT molecular complexity index is 694. The second-order valence-electron chi connectivity index (χ2n) is 4.07. The summed E-state index contributed by atoms with van der Waals surface area (Å²) >= 11 is 0. The zero-order chi connectivity index (χ0) is 14.9. The second kappa shape index (κ2) is 5.25. The molecule has 0 amide bonds. The molecule has 1 aromatic carbocycles. The Hall–Kier alpha value is -1.87. The van der Waals surface area contributed by atoms with Crippen molar-refractivity contribution in [3.05, 3.63) is 47.5 Å². The molecule has 20 heavy (non-hydrogen) atoms. The van der Waals surface area contributed by atoms with Gasteiger partial charge in [0.15, 0.2) is 4.90 Å². The minimum atomic E-state index is -4.42. The summed E-state index contributed by atoms with van der Waals surface area (Å²) in [6, 6.07) is 0.642. The molecule has 0 aliphatic rings. The van der Waals surface area contributed by atoms with Crippen LogP contribution in [0.1, 0.15) is 5.56 Å². The largest absolute Gasteiger partial charge is 0.285 e. The van der Waals surface area contributed by atoms with Crippen molar-refractivity contribution in [2.45, 2.75) is 11.4 Å². The average molecular weight is 305 g/mol. The van der Waals surface area contributed by atoms with Gasteiger partial charge in [0.05, 0.1) is 6.20 Å². The molecule has 1 N–H and O–H groups in total. The molecule has 0 bridgehead atoms. The van der Waals surface area contributed by atoms with Crippen LogP contribution in [0.25, 0.3) is 0 Å². The zero-order valence-corrected chi connectivity index (χ0v) is 11.1. The van der Waals surface area contributed by atoms with Crippen LogP contribution in [0.3, 0.4) is 0 Å². The smallest absolute Gasteiger partial charge is 0.248 e. The maximum Gasteiger partial charge on any atom is 0.248 e. The van der Waals surface area contributed by atoms with Crippen molar-refractivity contribution in [2.24, 2.45) is 0 Å². The van der Waals surface area contributed by atoms with Gasteiger partial charge >= 0.3 is 0 Å². The molecular formula is C11H10F3N3O2S. The number of nitrogens with one attached hydrogen (secondary N) is 1. The van der Waals surface area contributed by atoms with E-state index in [4.69, 9.17) is 0 Å². The highest BCUT2D eigenvalue weighted by Gasteiger charge is 2.29. The normalized spacial score (nSPS) is 12.1. The third kappa shape index (κ3) is 2.68. The van der Waals surface area contributed by atoms with E-state index in [1.807, 2.05) is 0 Å². The Labute approximate surface area is 113 Å². The van der Waals surface area contributed by atoms with Gasteiger partial charge in [-0.2, -0.15) is 9.40 Å². The lowest BCUT2D eigenvalue weighted by molar-refractivity contribution is 0.443. The first-order valence-corrected chi connectivity index (χ1v) is 6.85. The molecule has 1 heterocycles. The number of nitrogens with zero attached hydrogens (tertiary/aromatic N) is 2. The molecule has 5 nitrogen and oxygen atoms in total. The molecule has 108 valence electrons. The quantitative estimate of drug-likeness (QED) is 0.934. The summed E-state index contributed by atoms with van der Waals surface area (Å²) in [4.78, 5) is -1.18. The first-order chi connectivity index (χ1) is 9.32.